The van der Waals surface area contributed by atoms with E-state index in [0.717, 1.165) is 11.1 Å². The summed E-state index contributed by atoms with van der Waals surface area (Å²) in [6, 6.07) is 18.0. The summed E-state index contributed by atoms with van der Waals surface area (Å²) in [5.74, 6) is -0.0612. The van der Waals surface area contributed by atoms with E-state index in [9.17, 15) is 9.59 Å². The van der Waals surface area contributed by atoms with Gasteiger partial charge in [-0.25, -0.2) is 4.79 Å². The Balaban J connectivity index is 2.10. The van der Waals surface area contributed by atoms with Crippen molar-refractivity contribution >= 4 is 11.9 Å². The van der Waals surface area contributed by atoms with Gasteiger partial charge in [-0.15, -0.1) is 0 Å². The Morgan fingerprint density at radius 2 is 1.50 bits per heavy atom. The van der Waals surface area contributed by atoms with Crippen molar-refractivity contribution in [2.45, 2.75) is 25.4 Å². The fourth-order valence-corrected chi connectivity index (χ4v) is 2.60. The van der Waals surface area contributed by atoms with Gasteiger partial charge in [-0.2, -0.15) is 0 Å². The molecule has 0 saturated heterocycles. The largest absolute Gasteiger partial charge is 0.352 e. The second-order valence-electron chi connectivity index (χ2n) is 5.77. The number of benzene rings is 2. The smallest absolute Gasteiger partial charge is 0.312 e. The summed E-state index contributed by atoms with van der Waals surface area (Å²) in [5.41, 5.74) is 7.17. The van der Waals surface area contributed by atoms with E-state index in [1.54, 1.807) is 11.9 Å². The van der Waals surface area contributed by atoms with Gasteiger partial charge in [0.2, 0.25) is 5.91 Å². The average Bonchev–Trinajstić information content (AvgIpc) is 2.61. The van der Waals surface area contributed by atoms with Crippen LogP contribution in [-0.2, 0) is 4.79 Å². The molecule has 0 aliphatic rings. The summed E-state index contributed by atoms with van der Waals surface area (Å²) < 4.78 is 0. The number of nitrogens with two attached hydrogens (primary N) is 1. The Bertz CT molecular complexity index is 674. The molecular weight excluding hydrogens is 302 g/mol. The first-order valence-electron chi connectivity index (χ1n) is 7.90. The van der Waals surface area contributed by atoms with Gasteiger partial charge in [-0.1, -0.05) is 60.7 Å². The maximum Gasteiger partial charge on any atom is 0.312 e. The number of urea groups is 1. The van der Waals surface area contributed by atoms with Crippen molar-refractivity contribution in [2.24, 2.45) is 5.73 Å². The third-order valence-corrected chi connectivity index (χ3v) is 4.15. The van der Waals surface area contributed by atoms with Crippen molar-refractivity contribution < 1.29 is 9.59 Å². The monoisotopic (exact) mass is 325 g/mol. The van der Waals surface area contributed by atoms with Gasteiger partial charge in [0.05, 0.1) is 18.5 Å². The number of hydrogen-bond donors (Lipinski definition) is 2. The van der Waals surface area contributed by atoms with Crippen LogP contribution in [0.1, 0.15) is 36.6 Å². The fourth-order valence-electron chi connectivity index (χ4n) is 2.60. The Morgan fingerprint density at radius 1 is 1.00 bits per heavy atom. The third kappa shape index (κ3) is 4.59. The topological polar surface area (TPSA) is 75.4 Å². The lowest BCUT2D eigenvalue weighted by atomic mass is 10.0. The van der Waals surface area contributed by atoms with Crippen molar-refractivity contribution in [1.29, 1.82) is 0 Å². The highest BCUT2D eigenvalue weighted by atomic mass is 16.2. The lowest BCUT2D eigenvalue weighted by Crippen LogP contribution is -2.37. The van der Waals surface area contributed by atoms with Crippen molar-refractivity contribution in [1.82, 2.24) is 10.2 Å². The van der Waals surface area contributed by atoms with Gasteiger partial charge < -0.3 is 16.0 Å². The van der Waals surface area contributed by atoms with Crippen LogP contribution in [-0.4, -0.2) is 23.9 Å². The molecule has 0 radical (unpaired) electrons. The second kappa shape index (κ2) is 8.15. The molecule has 0 spiro atoms. The van der Waals surface area contributed by atoms with Gasteiger partial charge in [-0.05, 0) is 18.1 Å². The van der Waals surface area contributed by atoms with E-state index < -0.39 is 12.1 Å². The van der Waals surface area contributed by atoms with Crippen LogP contribution in [0.5, 0.6) is 0 Å². The van der Waals surface area contributed by atoms with Crippen LogP contribution >= 0.6 is 0 Å². The molecule has 0 bridgehead atoms. The average molecular weight is 325 g/mol. The minimum atomic E-state index is -0.643. The zero-order valence-electron chi connectivity index (χ0n) is 14.0. The van der Waals surface area contributed by atoms with Gasteiger partial charge in [0.15, 0.2) is 0 Å². The molecule has 5 heteroatoms. The molecule has 0 unspecified atom stereocenters. The molecule has 3 N–H and O–H groups in total. The van der Waals surface area contributed by atoms with Crippen LogP contribution in [0.25, 0.3) is 0 Å². The first kappa shape index (κ1) is 17.5. The minimum Gasteiger partial charge on any atom is -0.352 e. The van der Waals surface area contributed by atoms with E-state index >= 15 is 0 Å². The highest BCUT2D eigenvalue weighted by molar-refractivity contribution is 5.79. The summed E-state index contributed by atoms with van der Waals surface area (Å²) in [5, 5.41) is 2.65. The van der Waals surface area contributed by atoms with Crippen molar-refractivity contribution in [3.8, 4) is 0 Å². The van der Waals surface area contributed by atoms with Gasteiger partial charge in [0.1, 0.15) is 0 Å². The fraction of sp³-hybridized carbons (Fsp3) is 0.263. The summed E-state index contributed by atoms with van der Waals surface area (Å²) in [6.07, 6.45) is 0.153. The SMILES string of the molecule is C[C@H](c1ccccc1)N(C)C(=O)C[C@@H](NC(N)=O)c1ccccc1. The highest BCUT2D eigenvalue weighted by Gasteiger charge is 2.22. The zero-order chi connectivity index (χ0) is 17.5. The van der Waals surface area contributed by atoms with Crippen LogP contribution in [0.3, 0.4) is 0 Å². The molecular formula is C19H23N3O2. The lowest BCUT2D eigenvalue weighted by Gasteiger charge is -2.27. The maximum atomic E-state index is 12.7. The van der Waals surface area contributed by atoms with Crippen molar-refractivity contribution in [3.63, 3.8) is 0 Å². The number of primary amides is 1. The van der Waals surface area contributed by atoms with E-state index in [2.05, 4.69) is 5.32 Å². The molecule has 0 saturated carbocycles. The first-order valence-corrected chi connectivity index (χ1v) is 7.90. The molecule has 126 valence electrons. The standard InChI is InChI=1S/C19H23N3O2/c1-14(15-9-5-3-6-10-15)22(2)18(23)13-17(21-19(20)24)16-11-7-4-8-12-16/h3-12,14,17H,13H2,1-2H3,(H3,20,21,24)/t14-,17-/m1/s1. The van der Waals surface area contributed by atoms with Crippen molar-refractivity contribution in [3.05, 3.63) is 71.8 Å². The highest BCUT2D eigenvalue weighted by Crippen LogP contribution is 2.22. The van der Waals surface area contributed by atoms with Crippen LogP contribution in [0, 0.1) is 0 Å². The molecule has 3 amide bonds. The molecule has 0 aromatic heterocycles. The molecule has 0 heterocycles. The molecule has 0 fully saturated rings. The number of carbonyl (C=O) groups excluding carboxylic acids is 2. The summed E-state index contributed by atoms with van der Waals surface area (Å²) in [4.78, 5) is 25.6. The number of hydrogen-bond acceptors (Lipinski definition) is 2. The van der Waals surface area contributed by atoms with Crippen molar-refractivity contribution in [2.75, 3.05) is 7.05 Å². The van der Waals surface area contributed by atoms with E-state index in [4.69, 9.17) is 5.73 Å². The van der Waals surface area contributed by atoms with Crippen LogP contribution in [0.2, 0.25) is 0 Å². The lowest BCUT2D eigenvalue weighted by molar-refractivity contribution is -0.132. The number of carbonyl (C=O) groups is 2. The van der Waals surface area contributed by atoms with Gasteiger partial charge in [0.25, 0.3) is 0 Å². The zero-order valence-corrected chi connectivity index (χ0v) is 14.0. The minimum absolute atomic E-state index is 0.0521. The maximum absolute atomic E-state index is 12.7. The Morgan fingerprint density at radius 3 is 2.00 bits per heavy atom. The number of amides is 3. The third-order valence-electron chi connectivity index (χ3n) is 4.15. The van der Waals surface area contributed by atoms with E-state index in [1.807, 2.05) is 67.6 Å². The summed E-state index contributed by atoms with van der Waals surface area (Å²) in [7, 11) is 1.77. The summed E-state index contributed by atoms with van der Waals surface area (Å²) >= 11 is 0. The molecule has 5 nitrogen and oxygen atoms in total. The van der Waals surface area contributed by atoms with E-state index in [0.29, 0.717) is 0 Å². The molecule has 2 atom stereocenters. The predicted octanol–water partition coefficient (Wildman–Crippen LogP) is 3.01. The van der Waals surface area contributed by atoms with E-state index in [1.165, 1.54) is 0 Å². The molecule has 0 aliphatic carbocycles. The molecule has 0 aliphatic heterocycles. The van der Waals surface area contributed by atoms with Gasteiger partial charge in [0, 0.05) is 7.05 Å². The number of nitrogens with zero attached hydrogens (tertiary/aromatic N) is 1. The summed E-state index contributed by atoms with van der Waals surface area (Å²) in [6.45, 7) is 1.98. The van der Waals surface area contributed by atoms with E-state index in [-0.39, 0.29) is 18.4 Å². The first-order chi connectivity index (χ1) is 11.5. The Labute approximate surface area is 142 Å². The van der Waals surface area contributed by atoms with Crippen LogP contribution < -0.4 is 11.1 Å². The van der Waals surface area contributed by atoms with Crippen LogP contribution in [0.15, 0.2) is 60.7 Å². The van der Waals surface area contributed by atoms with Gasteiger partial charge >= 0.3 is 6.03 Å². The number of nitrogens with one attached hydrogen (secondary N) is 1. The normalized spacial score (nSPS) is 12.9. The Hall–Kier alpha value is -2.82. The quantitative estimate of drug-likeness (QED) is 0.856. The molecule has 2 aromatic carbocycles. The molecule has 2 rings (SSSR count). The number of rotatable bonds is 6. The van der Waals surface area contributed by atoms with Crippen LogP contribution in [0.4, 0.5) is 4.79 Å². The molecule has 2 aromatic rings. The predicted molar refractivity (Wildman–Crippen MR) is 94.1 cm³/mol. The second-order valence-corrected chi connectivity index (χ2v) is 5.77. The molecule has 24 heavy (non-hydrogen) atoms. The van der Waals surface area contributed by atoms with Gasteiger partial charge in [-0.3, -0.25) is 4.79 Å². The Kier molecular flexibility index (Phi) is 5.95.